The van der Waals surface area contributed by atoms with Gasteiger partial charge in [0.25, 0.3) is 0 Å². The van der Waals surface area contributed by atoms with E-state index < -0.39 is 40.4 Å². The summed E-state index contributed by atoms with van der Waals surface area (Å²) in [6.07, 6.45) is 0. The van der Waals surface area contributed by atoms with Crippen LogP contribution in [0.15, 0.2) is 59.5 Å². The van der Waals surface area contributed by atoms with Crippen LogP contribution in [0, 0.1) is 17.1 Å². The van der Waals surface area contributed by atoms with Crippen molar-refractivity contribution in [2.45, 2.75) is 22.9 Å². The normalized spacial score (nSPS) is 24.1. The summed E-state index contributed by atoms with van der Waals surface area (Å²) in [4.78, 5) is -0.103. The van der Waals surface area contributed by atoms with Crippen molar-refractivity contribution in [3.63, 3.8) is 0 Å². The lowest BCUT2D eigenvalue weighted by molar-refractivity contribution is 0.0557. The maximum atomic E-state index is 13.0. The maximum Gasteiger partial charge on any atom is 0.244 e. The molecular formula is C17H15FN2O3S. The van der Waals surface area contributed by atoms with Crippen molar-refractivity contribution in [1.82, 2.24) is 4.31 Å². The first-order valence-corrected chi connectivity index (χ1v) is 8.79. The minimum Gasteiger partial charge on any atom is -0.395 e. The van der Waals surface area contributed by atoms with E-state index >= 15 is 0 Å². The fourth-order valence-electron chi connectivity index (χ4n) is 3.10. The predicted octanol–water partition coefficient (Wildman–Crippen LogP) is 1.87. The lowest BCUT2D eigenvalue weighted by atomic mass is 9.78. The van der Waals surface area contributed by atoms with Gasteiger partial charge >= 0.3 is 0 Å². The third kappa shape index (κ3) is 2.59. The van der Waals surface area contributed by atoms with Crippen molar-refractivity contribution in [2.24, 2.45) is 0 Å². The van der Waals surface area contributed by atoms with E-state index in [4.69, 9.17) is 0 Å². The van der Waals surface area contributed by atoms with Gasteiger partial charge in [0.2, 0.25) is 10.0 Å². The van der Waals surface area contributed by atoms with Crippen LogP contribution in [-0.4, -0.2) is 36.5 Å². The second kappa shape index (κ2) is 6.32. The third-order valence-corrected chi connectivity index (χ3v) is 6.17. The highest BCUT2D eigenvalue weighted by atomic mass is 32.2. The van der Waals surface area contributed by atoms with Crippen LogP contribution in [0.5, 0.6) is 0 Å². The summed E-state index contributed by atoms with van der Waals surface area (Å²) in [7, 11) is -4.00. The average Bonchev–Trinajstić information content (AvgIpc) is 2.56. The molecule has 24 heavy (non-hydrogen) atoms. The van der Waals surface area contributed by atoms with E-state index in [0.29, 0.717) is 0 Å². The second-order valence-corrected chi connectivity index (χ2v) is 7.39. The Balaban J connectivity index is 1.99. The molecule has 0 aromatic heterocycles. The summed E-state index contributed by atoms with van der Waals surface area (Å²) >= 11 is 0. The number of halogens is 1. The smallest absolute Gasteiger partial charge is 0.244 e. The molecule has 1 saturated heterocycles. The van der Waals surface area contributed by atoms with E-state index in [1.165, 1.54) is 0 Å². The van der Waals surface area contributed by atoms with Gasteiger partial charge in [-0.1, -0.05) is 30.3 Å². The zero-order valence-electron chi connectivity index (χ0n) is 12.6. The topological polar surface area (TPSA) is 81.4 Å². The highest BCUT2D eigenvalue weighted by Gasteiger charge is 2.55. The lowest BCUT2D eigenvalue weighted by Gasteiger charge is -2.50. The van der Waals surface area contributed by atoms with Crippen molar-refractivity contribution in [3.8, 4) is 6.07 Å². The Bertz CT molecular complexity index is 863. The molecule has 3 atom stereocenters. The predicted molar refractivity (Wildman–Crippen MR) is 84.9 cm³/mol. The van der Waals surface area contributed by atoms with E-state index in [9.17, 15) is 23.2 Å². The number of rotatable bonds is 4. The van der Waals surface area contributed by atoms with Crippen LogP contribution in [0.25, 0.3) is 0 Å². The molecule has 5 nitrogen and oxygen atoms in total. The number of sulfonamides is 1. The molecule has 1 aliphatic rings. The first kappa shape index (κ1) is 16.6. The Morgan fingerprint density at radius 1 is 1.12 bits per heavy atom. The zero-order valence-corrected chi connectivity index (χ0v) is 13.4. The molecule has 0 radical (unpaired) electrons. The molecule has 1 N–H and O–H groups in total. The standard InChI is InChI=1S/C17H15FN2O3S/c18-13-6-8-14(9-7-13)24(22,23)20-15(10-19)17(16(20)11-21)12-4-2-1-3-5-12/h1-9,15-17,21H,11H2/t15-,16-,17+/m0/s1. The largest absolute Gasteiger partial charge is 0.395 e. The van der Waals surface area contributed by atoms with Gasteiger partial charge in [-0.15, -0.1) is 0 Å². The molecular weight excluding hydrogens is 331 g/mol. The Kier molecular flexibility index (Phi) is 4.37. The van der Waals surface area contributed by atoms with Crippen molar-refractivity contribution in [2.75, 3.05) is 6.61 Å². The van der Waals surface area contributed by atoms with E-state index in [2.05, 4.69) is 0 Å². The van der Waals surface area contributed by atoms with E-state index in [0.717, 1.165) is 34.1 Å². The van der Waals surface area contributed by atoms with Crippen LogP contribution in [-0.2, 0) is 10.0 Å². The molecule has 0 aliphatic carbocycles. The summed E-state index contributed by atoms with van der Waals surface area (Å²) in [5.41, 5.74) is 0.800. The molecule has 0 amide bonds. The number of nitriles is 1. The average molecular weight is 346 g/mol. The first-order chi connectivity index (χ1) is 11.5. The van der Waals surface area contributed by atoms with Gasteiger partial charge < -0.3 is 5.11 Å². The quantitative estimate of drug-likeness (QED) is 0.916. The molecule has 124 valence electrons. The van der Waals surface area contributed by atoms with Crippen LogP contribution in [0.4, 0.5) is 4.39 Å². The van der Waals surface area contributed by atoms with Gasteiger partial charge in [-0.3, -0.25) is 0 Å². The number of hydrogen-bond acceptors (Lipinski definition) is 4. The van der Waals surface area contributed by atoms with E-state index in [1.807, 2.05) is 12.1 Å². The van der Waals surface area contributed by atoms with Crippen molar-refractivity contribution in [3.05, 3.63) is 66.0 Å². The summed E-state index contributed by atoms with van der Waals surface area (Å²) in [5.74, 6) is -0.952. The summed E-state index contributed by atoms with van der Waals surface area (Å²) < 4.78 is 39.6. The molecule has 3 rings (SSSR count). The van der Waals surface area contributed by atoms with Crippen molar-refractivity contribution < 1.29 is 17.9 Å². The summed E-state index contributed by atoms with van der Waals surface area (Å²) in [6.45, 7) is -0.405. The van der Waals surface area contributed by atoms with Crippen molar-refractivity contribution >= 4 is 10.0 Å². The fourth-order valence-corrected chi connectivity index (χ4v) is 4.85. The van der Waals surface area contributed by atoms with Gasteiger partial charge in [-0.25, -0.2) is 12.8 Å². The molecule has 2 aromatic rings. The van der Waals surface area contributed by atoms with Crippen LogP contribution in [0.1, 0.15) is 11.5 Å². The monoisotopic (exact) mass is 346 g/mol. The highest BCUT2D eigenvalue weighted by molar-refractivity contribution is 7.89. The SMILES string of the molecule is N#C[C@H]1[C@@H](c2ccccc2)[C@H](CO)N1S(=O)(=O)c1ccc(F)cc1. The summed E-state index contributed by atoms with van der Waals surface area (Å²) in [6, 6.07) is 13.8. The minimum atomic E-state index is -4.00. The van der Waals surface area contributed by atoms with E-state index in [1.54, 1.807) is 24.3 Å². The minimum absolute atomic E-state index is 0.103. The number of aliphatic hydroxyl groups excluding tert-OH is 1. The Labute approximate surface area is 139 Å². The van der Waals surface area contributed by atoms with Crippen LogP contribution >= 0.6 is 0 Å². The summed E-state index contributed by atoms with van der Waals surface area (Å²) in [5, 5.41) is 19.1. The highest BCUT2D eigenvalue weighted by Crippen LogP contribution is 2.43. The first-order valence-electron chi connectivity index (χ1n) is 7.35. The Morgan fingerprint density at radius 2 is 1.75 bits per heavy atom. The molecule has 1 fully saturated rings. The second-order valence-electron chi connectivity index (χ2n) is 5.55. The molecule has 0 unspecified atom stereocenters. The number of hydrogen-bond donors (Lipinski definition) is 1. The fraction of sp³-hybridized carbons (Fsp3) is 0.235. The Morgan fingerprint density at radius 3 is 2.29 bits per heavy atom. The van der Waals surface area contributed by atoms with Crippen LogP contribution in [0.2, 0.25) is 0 Å². The molecule has 0 spiro atoms. The molecule has 2 aromatic carbocycles. The Hall–Kier alpha value is -2.27. The zero-order chi connectivity index (χ0) is 17.3. The van der Waals surface area contributed by atoms with Crippen LogP contribution < -0.4 is 0 Å². The molecule has 1 heterocycles. The van der Waals surface area contributed by atoms with E-state index in [-0.39, 0.29) is 4.90 Å². The number of nitrogens with zero attached hydrogens (tertiary/aromatic N) is 2. The molecule has 1 aliphatic heterocycles. The van der Waals surface area contributed by atoms with Crippen LogP contribution in [0.3, 0.4) is 0 Å². The van der Waals surface area contributed by atoms with Crippen molar-refractivity contribution in [1.29, 1.82) is 5.26 Å². The molecule has 0 bridgehead atoms. The van der Waals surface area contributed by atoms with Gasteiger partial charge in [-0.05, 0) is 29.8 Å². The molecule has 0 saturated carbocycles. The van der Waals surface area contributed by atoms with Gasteiger partial charge in [0.1, 0.15) is 11.9 Å². The van der Waals surface area contributed by atoms with Gasteiger partial charge in [0.05, 0.1) is 23.6 Å². The van der Waals surface area contributed by atoms with Gasteiger partial charge in [0.15, 0.2) is 0 Å². The number of benzene rings is 2. The molecule has 7 heteroatoms. The maximum absolute atomic E-state index is 13.0. The number of aliphatic hydroxyl groups is 1. The third-order valence-electron chi connectivity index (χ3n) is 4.25. The van der Waals surface area contributed by atoms with Gasteiger partial charge in [0, 0.05) is 5.92 Å². The van der Waals surface area contributed by atoms with Gasteiger partial charge in [-0.2, -0.15) is 9.57 Å². The lowest BCUT2D eigenvalue weighted by Crippen LogP contribution is -2.64.